The Morgan fingerprint density at radius 1 is 1.42 bits per heavy atom. The van der Waals surface area contributed by atoms with Crippen LogP contribution in [0.25, 0.3) is 6.08 Å². The van der Waals surface area contributed by atoms with Crippen LogP contribution in [0.15, 0.2) is 30.3 Å². The van der Waals surface area contributed by atoms with E-state index in [1.54, 1.807) is 0 Å². The van der Waals surface area contributed by atoms with Crippen LogP contribution in [0.1, 0.15) is 43.9 Å². The highest BCUT2D eigenvalue weighted by Crippen LogP contribution is 2.15. The van der Waals surface area contributed by atoms with Crippen molar-refractivity contribution < 1.29 is 14.7 Å². The van der Waals surface area contributed by atoms with E-state index in [0.29, 0.717) is 6.42 Å². The molecule has 1 atom stereocenters. The SMILES string of the molecule is CCCC(=O)NC(C)c1cccc(C=CC(=O)O)c1. The minimum atomic E-state index is -0.977. The Labute approximate surface area is 113 Å². The van der Waals surface area contributed by atoms with E-state index in [0.717, 1.165) is 23.6 Å². The van der Waals surface area contributed by atoms with Crippen molar-refractivity contribution in [2.24, 2.45) is 0 Å². The average Bonchev–Trinajstić information content (AvgIpc) is 2.37. The summed E-state index contributed by atoms with van der Waals surface area (Å²) in [6.07, 6.45) is 3.97. The van der Waals surface area contributed by atoms with Crippen LogP contribution in [0.4, 0.5) is 0 Å². The molecular weight excluding hydrogens is 242 g/mol. The molecule has 0 aliphatic heterocycles. The summed E-state index contributed by atoms with van der Waals surface area (Å²) in [5, 5.41) is 11.5. The fourth-order valence-corrected chi connectivity index (χ4v) is 1.72. The summed E-state index contributed by atoms with van der Waals surface area (Å²) in [5.41, 5.74) is 1.76. The lowest BCUT2D eigenvalue weighted by molar-refractivity contribution is -0.131. The zero-order valence-corrected chi connectivity index (χ0v) is 11.2. The number of carboxylic acid groups (broad SMARTS) is 1. The van der Waals surface area contributed by atoms with Crippen LogP contribution in [-0.4, -0.2) is 17.0 Å². The number of carbonyl (C=O) groups excluding carboxylic acids is 1. The average molecular weight is 261 g/mol. The summed E-state index contributed by atoms with van der Waals surface area (Å²) in [6.45, 7) is 3.87. The zero-order chi connectivity index (χ0) is 14.3. The van der Waals surface area contributed by atoms with Gasteiger partial charge in [-0.1, -0.05) is 25.1 Å². The van der Waals surface area contributed by atoms with Gasteiger partial charge >= 0.3 is 5.97 Å². The lowest BCUT2D eigenvalue weighted by Gasteiger charge is -2.14. The largest absolute Gasteiger partial charge is 0.478 e. The first kappa shape index (κ1) is 15.0. The molecule has 1 amide bonds. The van der Waals surface area contributed by atoms with Gasteiger partial charge in [0.15, 0.2) is 0 Å². The molecular formula is C15H19NO3. The second kappa shape index (κ2) is 7.36. The van der Waals surface area contributed by atoms with Crippen LogP contribution < -0.4 is 5.32 Å². The zero-order valence-electron chi connectivity index (χ0n) is 11.2. The van der Waals surface area contributed by atoms with Gasteiger partial charge in [0.2, 0.25) is 5.91 Å². The second-order valence-electron chi connectivity index (χ2n) is 4.38. The first-order valence-electron chi connectivity index (χ1n) is 6.33. The predicted molar refractivity (Wildman–Crippen MR) is 74.6 cm³/mol. The molecule has 102 valence electrons. The van der Waals surface area contributed by atoms with Crippen LogP contribution in [0.5, 0.6) is 0 Å². The monoisotopic (exact) mass is 261 g/mol. The fraction of sp³-hybridized carbons (Fsp3) is 0.333. The summed E-state index contributed by atoms with van der Waals surface area (Å²) in [5.74, 6) is -0.948. The van der Waals surface area contributed by atoms with Crippen molar-refractivity contribution in [2.45, 2.75) is 32.7 Å². The van der Waals surface area contributed by atoms with Crippen molar-refractivity contribution in [3.8, 4) is 0 Å². The van der Waals surface area contributed by atoms with E-state index < -0.39 is 5.97 Å². The highest BCUT2D eigenvalue weighted by molar-refractivity contribution is 5.85. The third-order valence-corrected chi connectivity index (χ3v) is 2.68. The molecule has 0 aliphatic rings. The number of aliphatic carboxylic acids is 1. The molecule has 0 fully saturated rings. The molecule has 1 aromatic rings. The molecule has 0 aromatic heterocycles. The first-order valence-corrected chi connectivity index (χ1v) is 6.33. The number of hydrogen-bond donors (Lipinski definition) is 2. The molecule has 4 heteroatoms. The van der Waals surface area contributed by atoms with E-state index >= 15 is 0 Å². The molecule has 1 aromatic carbocycles. The number of hydrogen-bond acceptors (Lipinski definition) is 2. The number of amides is 1. The molecule has 0 aliphatic carbocycles. The van der Waals surface area contributed by atoms with E-state index in [9.17, 15) is 9.59 Å². The molecule has 0 saturated heterocycles. The summed E-state index contributed by atoms with van der Waals surface area (Å²) >= 11 is 0. The maximum absolute atomic E-state index is 11.5. The molecule has 0 spiro atoms. The van der Waals surface area contributed by atoms with Gasteiger partial charge in [-0.05, 0) is 36.6 Å². The standard InChI is InChI=1S/C15H19NO3/c1-3-5-14(17)16-11(2)13-7-4-6-12(10-13)8-9-15(18)19/h4,6-11H,3,5H2,1-2H3,(H,16,17)(H,18,19). The van der Waals surface area contributed by atoms with E-state index in [-0.39, 0.29) is 11.9 Å². The van der Waals surface area contributed by atoms with Gasteiger partial charge in [-0.15, -0.1) is 0 Å². The van der Waals surface area contributed by atoms with Gasteiger partial charge in [0, 0.05) is 12.5 Å². The Hall–Kier alpha value is -2.10. The third kappa shape index (κ3) is 5.38. The van der Waals surface area contributed by atoms with Gasteiger partial charge in [0.05, 0.1) is 6.04 Å². The summed E-state index contributed by atoms with van der Waals surface area (Å²) in [7, 11) is 0. The second-order valence-corrected chi connectivity index (χ2v) is 4.38. The van der Waals surface area contributed by atoms with E-state index in [4.69, 9.17) is 5.11 Å². The molecule has 1 rings (SSSR count). The molecule has 2 N–H and O–H groups in total. The Bertz CT molecular complexity index is 480. The number of benzene rings is 1. The summed E-state index contributed by atoms with van der Waals surface area (Å²) < 4.78 is 0. The number of carboxylic acids is 1. The molecule has 4 nitrogen and oxygen atoms in total. The van der Waals surface area contributed by atoms with Crippen molar-refractivity contribution in [3.63, 3.8) is 0 Å². The lowest BCUT2D eigenvalue weighted by Crippen LogP contribution is -2.26. The fourth-order valence-electron chi connectivity index (χ4n) is 1.72. The van der Waals surface area contributed by atoms with Crippen LogP contribution in [0, 0.1) is 0 Å². The molecule has 19 heavy (non-hydrogen) atoms. The van der Waals surface area contributed by atoms with Gasteiger partial charge in [0.1, 0.15) is 0 Å². The van der Waals surface area contributed by atoms with Crippen LogP contribution in [0.2, 0.25) is 0 Å². The predicted octanol–water partition coefficient (Wildman–Crippen LogP) is 2.76. The molecule has 0 bridgehead atoms. The summed E-state index contributed by atoms with van der Waals surface area (Å²) in [6, 6.07) is 7.37. The van der Waals surface area contributed by atoms with Crippen molar-refractivity contribution in [3.05, 3.63) is 41.5 Å². The van der Waals surface area contributed by atoms with E-state index in [2.05, 4.69) is 5.32 Å². The minimum Gasteiger partial charge on any atom is -0.478 e. The van der Waals surface area contributed by atoms with Crippen LogP contribution in [0.3, 0.4) is 0 Å². The van der Waals surface area contributed by atoms with Gasteiger partial charge in [-0.25, -0.2) is 4.79 Å². The Balaban J connectivity index is 2.75. The molecule has 0 saturated carbocycles. The van der Waals surface area contributed by atoms with Gasteiger partial charge in [-0.3, -0.25) is 4.79 Å². The molecule has 0 heterocycles. The van der Waals surface area contributed by atoms with Crippen molar-refractivity contribution in [1.29, 1.82) is 0 Å². The quantitative estimate of drug-likeness (QED) is 0.774. The number of rotatable bonds is 6. The van der Waals surface area contributed by atoms with Crippen LogP contribution in [-0.2, 0) is 9.59 Å². The first-order chi connectivity index (χ1) is 9.02. The highest BCUT2D eigenvalue weighted by Gasteiger charge is 2.08. The van der Waals surface area contributed by atoms with Crippen molar-refractivity contribution in [1.82, 2.24) is 5.32 Å². The molecule has 0 radical (unpaired) electrons. The number of carbonyl (C=O) groups is 2. The van der Waals surface area contributed by atoms with Gasteiger partial charge in [0.25, 0.3) is 0 Å². The third-order valence-electron chi connectivity index (χ3n) is 2.68. The van der Waals surface area contributed by atoms with Gasteiger partial charge in [-0.2, -0.15) is 0 Å². The Morgan fingerprint density at radius 3 is 2.79 bits per heavy atom. The van der Waals surface area contributed by atoms with Crippen molar-refractivity contribution >= 4 is 18.0 Å². The smallest absolute Gasteiger partial charge is 0.328 e. The maximum atomic E-state index is 11.5. The Morgan fingerprint density at radius 2 is 2.16 bits per heavy atom. The normalized spacial score (nSPS) is 12.3. The Kier molecular flexibility index (Phi) is 5.79. The van der Waals surface area contributed by atoms with Gasteiger partial charge < -0.3 is 10.4 Å². The summed E-state index contributed by atoms with van der Waals surface area (Å²) in [4.78, 5) is 22.0. The minimum absolute atomic E-state index is 0.0291. The van der Waals surface area contributed by atoms with E-state index in [1.165, 1.54) is 6.08 Å². The lowest BCUT2D eigenvalue weighted by atomic mass is 10.0. The topological polar surface area (TPSA) is 66.4 Å². The van der Waals surface area contributed by atoms with E-state index in [1.807, 2.05) is 38.1 Å². The highest BCUT2D eigenvalue weighted by atomic mass is 16.4. The maximum Gasteiger partial charge on any atom is 0.328 e. The van der Waals surface area contributed by atoms with Crippen LogP contribution >= 0.6 is 0 Å². The van der Waals surface area contributed by atoms with Crippen molar-refractivity contribution in [2.75, 3.05) is 0 Å². The molecule has 1 unspecified atom stereocenters. The number of nitrogens with one attached hydrogen (secondary N) is 1.